The van der Waals surface area contributed by atoms with E-state index in [1.165, 1.54) is 12.8 Å². The number of halogens is 1. The summed E-state index contributed by atoms with van der Waals surface area (Å²) in [4.78, 5) is 0. The van der Waals surface area contributed by atoms with Gasteiger partial charge in [0.2, 0.25) is 0 Å². The molecule has 112 valence electrons. The van der Waals surface area contributed by atoms with E-state index in [2.05, 4.69) is 13.8 Å². The first-order valence-electron chi connectivity index (χ1n) is 7.18. The van der Waals surface area contributed by atoms with E-state index in [4.69, 9.17) is 26.8 Å². The summed E-state index contributed by atoms with van der Waals surface area (Å²) < 4.78 is 10.8. The van der Waals surface area contributed by atoms with Gasteiger partial charge in [0.05, 0.1) is 19.2 Å². The zero-order valence-electron chi connectivity index (χ0n) is 12.8. The van der Waals surface area contributed by atoms with E-state index in [0.717, 1.165) is 24.0 Å². The fraction of sp³-hybridized carbons (Fsp3) is 0.625. The smallest absolute Gasteiger partial charge is 0.179 e. The maximum Gasteiger partial charge on any atom is 0.179 e. The Hall–Kier alpha value is -0.930. The molecule has 0 atom stereocenters. The molecule has 1 fully saturated rings. The molecule has 1 aromatic carbocycles. The average Bonchev–Trinajstić information content (AvgIpc) is 2.85. The number of hydrogen-bond acceptors (Lipinski definition) is 3. The topological polar surface area (TPSA) is 44.5 Å². The first-order chi connectivity index (χ1) is 9.44. The van der Waals surface area contributed by atoms with Gasteiger partial charge in [-0.3, -0.25) is 0 Å². The molecular weight excluding hydrogens is 274 g/mol. The molecule has 2 rings (SSSR count). The monoisotopic (exact) mass is 297 g/mol. The van der Waals surface area contributed by atoms with E-state index in [0.29, 0.717) is 22.4 Å². The van der Waals surface area contributed by atoms with Crippen molar-refractivity contribution in [2.24, 2.45) is 5.73 Å². The molecule has 1 aliphatic rings. The van der Waals surface area contributed by atoms with Gasteiger partial charge in [-0.1, -0.05) is 38.3 Å². The minimum absolute atomic E-state index is 0.289. The van der Waals surface area contributed by atoms with E-state index in [9.17, 15) is 0 Å². The number of ether oxygens (including phenoxy) is 2. The van der Waals surface area contributed by atoms with Crippen molar-refractivity contribution >= 4 is 11.6 Å². The second-order valence-corrected chi connectivity index (χ2v) is 6.28. The quantitative estimate of drug-likeness (QED) is 0.905. The van der Waals surface area contributed by atoms with Crippen LogP contribution in [0.3, 0.4) is 0 Å². The highest BCUT2D eigenvalue weighted by atomic mass is 35.5. The third kappa shape index (κ3) is 2.49. The highest BCUT2D eigenvalue weighted by Gasteiger charge is 2.36. The third-order valence-electron chi connectivity index (χ3n) is 4.26. The molecule has 0 spiro atoms. The van der Waals surface area contributed by atoms with Crippen LogP contribution in [0.5, 0.6) is 11.5 Å². The van der Waals surface area contributed by atoms with Crippen LogP contribution in [0, 0.1) is 0 Å². The molecule has 0 aliphatic heterocycles. The van der Waals surface area contributed by atoms with Crippen molar-refractivity contribution in [1.82, 2.24) is 0 Å². The van der Waals surface area contributed by atoms with Crippen LogP contribution in [0.15, 0.2) is 6.07 Å². The molecule has 0 amide bonds. The standard InChI is InChI=1S/C16H24ClNO2/c1-10(2)13-11(16(18)7-5-6-8-16)9-12(19-3)15(20-4)14(13)17/h9-10H,5-8,18H2,1-4H3. The van der Waals surface area contributed by atoms with E-state index in [1.807, 2.05) is 6.07 Å². The maximum atomic E-state index is 6.65. The Bertz CT molecular complexity index is 494. The minimum atomic E-state index is -0.289. The van der Waals surface area contributed by atoms with E-state index >= 15 is 0 Å². The zero-order valence-corrected chi connectivity index (χ0v) is 13.5. The fourth-order valence-corrected chi connectivity index (χ4v) is 3.71. The summed E-state index contributed by atoms with van der Waals surface area (Å²) in [6.07, 6.45) is 4.33. The van der Waals surface area contributed by atoms with Crippen molar-refractivity contribution < 1.29 is 9.47 Å². The lowest BCUT2D eigenvalue weighted by Crippen LogP contribution is -2.34. The summed E-state index contributed by atoms with van der Waals surface area (Å²) in [7, 11) is 3.24. The van der Waals surface area contributed by atoms with Crippen molar-refractivity contribution in [3.05, 3.63) is 22.2 Å². The summed E-state index contributed by atoms with van der Waals surface area (Å²) in [5, 5.41) is 0.633. The van der Waals surface area contributed by atoms with Gasteiger partial charge < -0.3 is 15.2 Å². The van der Waals surface area contributed by atoms with Crippen molar-refractivity contribution in [2.45, 2.75) is 51.0 Å². The van der Waals surface area contributed by atoms with Gasteiger partial charge in [-0.05, 0) is 36.0 Å². The Morgan fingerprint density at radius 3 is 2.25 bits per heavy atom. The zero-order chi connectivity index (χ0) is 14.9. The van der Waals surface area contributed by atoms with Crippen LogP contribution in [0.25, 0.3) is 0 Å². The van der Waals surface area contributed by atoms with Crippen molar-refractivity contribution in [3.8, 4) is 11.5 Å². The fourth-order valence-electron chi connectivity index (χ4n) is 3.22. The van der Waals surface area contributed by atoms with Crippen LogP contribution in [-0.4, -0.2) is 14.2 Å². The number of hydrogen-bond donors (Lipinski definition) is 1. The molecule has 0 heterocycles. The molecule has 0 radical (unpaired) electrons. The first kappa shape index (κ1) is 15.5. The summed E-state index contributed by atoms with van der Waals surface area (Å²) in [5.74, 6) is 1.55. The van der Waals surface area contributed by atoms with Crippen molar-refractivity contribution in [3.63, 3.8) is 0 Å². The average molecular weight is 298 g/mol. The van der Waals surface area contributed by atoms with Gasteiger partial charge in [-0.2, -0.15) is 0 Å². The Labute approximate surface area is 126 Å². The summed E-state index contributed by atoms with van der Waals surface area (Å²) in [6, 6.07) is 2.02. The molecule has 0 bridgehead atoms. The molecule has 0 unspecified atom stereocenters. The third-order valence-corrected chi connectivity index (χ3v) is 4.63. The van der Waals surface area contributed by atoms with Crippen molar-refractivity contribution in [1.29, 1.82) is 0 Å². The van der Waals surface area contributed by atoms with Crippen LogP contribution in [0.4, 0.5) is 0 Å². The summed E-state index contributed by atoms with van der Waals surface area (Å²) >= 11 is 6.57. The number of nitrogens with two attached hydrogens (primary N) is 1. The van der Waals surface area contributed by atoms with Crippen LogP contribution < -0.4 is 15.2 Å². The first-order valence-corrected chi connectivity index (χ1v) is 7.56. The molecule has 4 heteroatoms. The Balaban J connectivity index is 2.68. The van der Waals surface area contributed by atoms with Gasteiger partial charge in [-0.15, -0.1) is 0 Å². The van der Waals surface area contributed by atoms with Crippen LogP contribution >= 0.6 is 11.6 Å². The van der Waals surface area contributed by atoms with Crippen LogP contribution in [0.1, 0.15) is 56.6 Å². The predicted molar refractivity (Wildman–Crippen MR) is 83.0 cm³/mol. The molecule has 3 nitrogen and oxygen atoms in total. The lowest BCUT2D eigenvalue weighted by Gasteiger charge is -2.30. The second kappa shape index (κ2) is 5.82. The number of benzene rings is 1. The predicted octanol–water partition coefficient (Wildman–Crippen LogP) is 4.21. The molecule has 1 saturated carbocycles. The largest absolute Gasteiger partial charge is 0.493 e. The van der Waals surface area contributed by atoms with Gasteiger partial charge in [0.15, 0.2) is 11.5 Å². The summed E-state index contributed by atoms with van der Waals surface area (Å²) in [5.41, 5.74) is 8.57. The van der Waals surface area contributed by atoms with Crippen molar-refractivity contribution in [2.75, 3.05) is 14.2 Å². The van der Waals surface area contributed by atoms with Gasteiger partial charge in [0.1, 0.15) is 0 Å². The molecule has 2 N–H and O–H groups in total. The van der Waals surface area contributed by atoms with Crippen LogP contribution in [-0.2, 0) is 5.54 Å². The molecule has 1 aliphatic carbocycles. The van der Waals surface area contributed by atoms with Gasteiger partial charge in [-0.25, -0.2) is 0 Å². The Kier molecular flexibility index (Phi) is 4.50. The van der Waals surface area contributed by atoms with Gasteiger partial charge >= 0.3 is 0 Å². The normalized spacial score (nSPS) is 17.6. The summed E-state index contributed by atoms with van der Waals surface area (Å²) in [6.45, 7) is 4.27. The number of methoxy groups -OCH3 is 2. The molecule has 1 aromatic rings. The SMILES string of the molecule is COc1cc(C2(N)CCCC2)c(C(C)C)c(Cl)c1OC. The van der Waals surface area contributed by atoms with E-state index in [1.54, 1.807) is 14.2 Å². The van der Waals surface area contributed by atoms with Crippen LogP contribution in [0.2, 0.25) is 5.02 Å². The minimum Gasteiger partial charge on any atom is -0.493 e. The second-order valence-electron chi connectivity index (χ2n) is 5.91. The Morgan fingerprint density at radius 1 is 1.20 bits per heavy atom. The van der Waals surface area contributed by atoms with Gasteiger partial charge in [0.25, 0.3) is 0 Å². The van der Waals surface area contributed by atoms with E-state index < -0.39 is 0 Å². The molecule has 0 saturated heterocycles. The molecule has 20 heavy (non-hydrogen) atoms. The maximum absolute atomic E-state index is 6.65. The highest BCUT2D eigenvalue weighted by Crippen LogP contribution is 2.48. The van der Waals surface area contributed by atoms with Gasteiger partial charge in [0, 0.05) is 5.54 Å². The lowest BCUT2D eigenvalue weighted by molar-refractivity contribution is 0.351. The Morgan fingerprint density at radius 2 is 1.80 bits per heavy atom. The van der Waals surface area contributed by atoms with E-state index in [-0.39, 0.29) is 5.54 Å². The number of rotatable bonds is 4. The highest BCUT2D eigenvalue weighted by molar-refractivity contribution is 6.33. The lowest BCUT2D eigenvalue weighted by atomic mass is 9.82. The molecule has 0 aromatic heterocycles. The molecular formula is C16H24ClNO2.